The number of aryl methyl sites for hydroxylation is 1. The lowest BCUT2D eigenvalue weighted by molar-refractivity contribution is 0.101. The van der Waals surface area contributed by atoms with Crippen molar-refractivity contribution in [2.75, 3.05) is 10.6 Å². The molecule has 6 heteroatoms. The Labute approximate surface area is 170 Å². The van der Waals surface area contributed by atoms with Gasteiger partial charge in [-0.15, -0.1) is 0 Å². The predicted molar refractivity (Wildman–Crippen MR) is 113 cm³/mol. The van der Waals surface area contributed by atoms with Gasteiger partial charge in [0.1, 0.15) is 0 Å². The van der Waals surface area contributed by atoms with Gasteiger partial charge in [0, 0.05) is 21.4 Å². The molecule has 0 spiro atoms. The minimum absolute atomic E-state index is 0.184. The van der Waals surface area contributed by atoms with Gasteiger partial charge in [-0.2, -0.15) is 0 Å². The van der Waals surface area contributed by atoms with E-state index in [4.69, 9.17) is 11.6 Å². The molecule has 3 aromatic carbocycles. The first-order chi connectivity index (χ1) is 12.9. The van der Waals surface area contributed by atoms with Crippen molar-refractivity contribution in [1.29, 1.82) is 0 Å². The van der Waals surface area contributed by atoms with Crippen LogP contribution in [0.2, 0.25) is 5.02 Å². The Morgan fingerprint density at radius 1 is 0.852 bits per heavy atom. The third kappa shape index (κ3) is 4.96. The van der Waals surface area contributed by atoms with Crippen LogP contribution in [0.25, 0.3) is 0 Å². The van der Waals surface area contributed by atoms with Crippen LogP contribution in [0.4, 0.5) is 11.4 Å². The molecule has 27 heavy (non-hydrogen) atoms. The van der Waals surface area contributed by atoms with Gasteiger partial charge in [0.05, 0.1) is 10.6 Å². The Morgan fingerprint density at radius 2 is 1.48 bits per heavy atom. The quantitative estimate of drug-likeness (QED) is 0.526. The van der Waals surface area contributed by atoms with Crippen LogP contribution in [-0.4, -0.2) is 11.8 Å². The molecule has 0 aromatic heterocycles. The van der Waals surface area contributed by atoms with E-state index in [9.17, 15) is 9.59 Å². The summed E-state index contributed by atoms with van der Waals surface area (Å²) in [6.45, 7) is 1.94. The number of hydrogen-bond donors (Lipinski definition) is 2. The van der Waals surface area contributed by atoms with E-state index in [-0.39, 0.29) is 11.8 Å². The maximum Gasteiger partial charge on any atom is 0.257 e. The van der Waals surface area contributed by atoms with Gasteiger partial charge in [-0.05, 0) is 61.5 Å². The fourth-order valence-electron chi connectivity index (χ4n) is 2.50. The van der Waals surface area contributed by atoms with E-state index in [0.717, 1.165) is 10.0 Å². The predicted octanol–water partition coefficient (Wildman–Crippen LogP) is 5.92. The van der Waals surface area contributed by atoms with Gasteiger partial charge < -0.3 is 10.6 Å². The van der Waals surface area contributed by atoms with E-state index in [1.165, 1.54) is 0 Å². The number of carbonyl (C=O) groups is 2. The van der Waals surface area contributed by atoms with Gasteiger partial charge in [0.2, 0.25) is 0 Å². The third-order valence-corrected chi connectivity index (χ3v) is 4.68. The summed E-state index contributed by atoms with van der Waals surface area (Å²) in [4.78, 5) is 24.7. The lowest BCUT2D eigenvalue weighted by atomic mass is 10.1. The summed E-state index contributed by atoms with van der Waals surface area (Å²) in [6.07, 6.45) is 0. The van der Waals surface area contributed by atoms with Crippen LogP contribution >= 0.6 is 27.5 Å². The van der Waals surface area contributed by atoms with Gasteiger partial charge in [0.15, 0.2) is 0 Å². The van der Waals surface area contributed by atoms with Gasteiger partial charge >= 0.3 is 0 Å². The van der Waals surface area contributed by atoms with E-state index in [1.807, 2.05) is 25.1 Å². The minimum Gasteiger partial charge on any atom is -0.322 e. The number of halogens is 2. The first-order valence-corrected chi connectivity index (χ1v) is 9.34. The molecule has 3 aromatic rings. The van der Waals surface area contributed by atoms with Crippen molar-refractivity contribution in [3.05, 3.63) is 92.9 Å². The number of carbonyl (C=O) groups excluding carboxylic acids is 2. The number of rotatable bonds is 4. The Kier molecular flexibility index (Phi) is 5.94. The Morgan fingerprint density at radius 3 is 2.11 bits per heavy atom. The second-order valence-corrected chi connectivity index (χ2v) is 7.30. The molecule has 0 saturated carbocycles. The van der Waals surface area contributed by atoms with E-state index >= 15 is 0 Å². The molecule has 0 fully saturated rings. The number of amides is 2. The normalized spacial score (nSPS) is 10.3. The topological polar surface area (TPSA) is 58.2 Å². The standard InChI is InChI=1S/C21H16BrClN2O2/c1-13-3-2-4-14(11-13)20(26)24-16-6-8-17(9-7-16)25-21(27)18-12-15(22)5-10-19(18)23/h2-12H,1H3,(H,24,26)(H,25,27). The Hall–Kier alpha value is -2.63. The largest absolute Gasteiger partial charge is 0.322 e. The fourth-order valence-corrected chi connectivity index (χ4v) is 3.06. The summed E-state index contributed by atoms with van der Waals surface area (Å²) >= 11 is 9.41. The average Bonchev–Trinajstić information content (AvgIpc) is 2.65. The van der Waals surface area contributed by atoms with Crippen LogP contribution in [-0.2, 0) is 0 Å². The smallest absolute Gasteiger partial charge is 0.257 e. The van der Waals surface area contributed by atoms with Crippen molar-refractivity contribution >= 4 is 50.7 Å². The summed E-state index contributed by atoms with van der Waals surface area (Å²) < 4.78 is 0.770. The highest BCUT2D eigenvalue weighted by Crippen LogP contribution is 2.23. The zero-order valence-corrected chi connectivity index (χ0v) is 16.8. The molecule has 0 aliphatic rings. The van der Waals surface area contributed by atoms with Gasteiger partial charge in [0.25, 0.3) is 11.8 Å². The van der Waals surface area contributed by atoms with Crippen LogP contribution in [0.15, 0.2) is 71.2 Å². The van der Waals surface area contributed by atoms with Crippen molar-refractivity contribution < 1.29 is 9.59 Å². The molecule has 4 nitrogen and oxygen atoms in total. The van der Waals surface area contributed by atoms with Crippen molar-refractivity contribution in [2.45, 2.75) is 6.92 Å². The first kappa shape index (κ1) is 19.1. The van der Waals surface area contributed by atoms with Crippen LogP contribution in [0.5, 0.6) is 0 Å². The molecule has 3 rings (SSSR count). The molecule has 0 saturated heterocycles. The SMILES string of the molecule is Cc1cccc(C(=O)Nc2ccc(NC(=O)c3cc(Br)ccc3Cl)cc2)c1. The lowest BCUT2D eigenvalue weighted by Gasteiger charge is -2.09. The molecular formula is C21H16BrClN2O2. The van der Waals surface area contributed by atoms with E-state index in [0.29, 0.717) is 27.5 Å². The van der Waals surface area contributed by atoms with Crippen LogP contribution in [0.1, 0.15) is 26.3 Å². The summed E-state index contributed by atoms with van der Waals surface area (Å²) in [7, 11) is 0. The molecule has 2 N–H and O–H groups in total. The van der Waals surface area contributed by atoms with Crippen molar-refractivity contribution in [3.63, 3.8) is 0 Å². The zero-order chi connectivity index (χ0) is 19.4. The maximum atomic E-state index is 12.4. The van der Waals surface area contributed by atoms with E-state index < -0.39 is 0 Å². The van der Waals surface area contributed by atoms with E-state index in [2.05, 4.69) is 26.6 Å². The summed E-state index contributed by atoms with van der Waals surface area (Å²) in [5.41, 5.74) is 3.23. The van der Waals surface area contributed by atoms with Crippen molar-refractivity contribution in [1.82, 2.24) is 0 Å². The Balaban J connectivity index is 1.67. The highest BCUT2D eigenvalue weighted by Gasteiger charge is 2.11. The molecule has 0 radical (unpaired) electrons. The highest BCUT2D eigenvalue weighted by molar-refractivity contribution is 9.10. The molecule has 0 aliphatic carbocycles. The minimum atomic E-state index is -0.308. The summed E-state index contributed by atoms with van der Waals surface area (Å²) in [6, 6.07) is 19.3. The first-order valence-electron chi connectivity index (χ1n) is 8.17. The van der Waals surface area contributed by atoms with Crippen LogP contribution in [0.3, 0.4) is 0 Å². The second kappa shape index (κ2) is 8.37. The lowest BCUT2D eigenvalue weighted by Crippen LogP contribution is -2.13. The number of benzene rings is 3. The molecule has 0 heterocycles. The molecule has 2 amide bonds. The molecule has 0 atom stereocenters. The monoisotopic (exact) mass is 442 g/mol. The number of hydrogen-bond acceptors (Lipinski definition) is 2. The second-order valence-electron chi connectivity index (χ2n) is 5.98. The number of anilines is 2. The zero-order valence-electron chi connectivity index (χ0n) is 14.4. The number of nitrogens with one attached hydrogen (secondary N) is 2. The molecule has 136 valence electrons. The fraction of sp³-hybridized carbons (Fsp3) is 0.0476. The average molecular weight is 444 g/mol. The Bertz CT molecular complexity index is 1000. The highest BCUT2D eigenvalue weighted by atomic mass is 79.9. The maximum absolute atomic E-state index is 12.4. The summed E-state index contributed by atoms with van der Waals surface area (Å²) in [5, 5.41) is 6.00. The van der Waals surface area contributed by atoms with Gasteiger partial charge in [-0.1, -0.05) is 45.2 Å². The molecular weight excluding hydrogens is 428 g/mol. The van der Waals surface area contributed by atoms with Gasteiger partial charge in [-0.25, -0.2) is 0 Å². The molecule has 0 aliphatic heterocycles. The summed E-state index contributed by atoms with van der Waals surface area (Å²) in [5.74, 6) is -0.491. The van der Waals surface area contributed by atoms with Crippen LogP contribution < -0.4 is 10.6 Å². The van der Waals surface area contributed by atoms with Crippen LogP contribution in [0, 0.1) is 6.92 Å². The van der Waals surface area contributed by atoms with Gasteiger partial charge in [-0.3, -0.25) is 9.59 Å². The third-order valence-electron chi connectivity index (χ3n) is 3.85. The van der Waals surface area contributed by atoms with Crippen molar-refractivity contribution in [2.24, 2.45) is 0 Å². The van der Waals surface area contributed by atoms with Crippen molar-refractivity contribution in [3.8, 4) is 0 Å². The molecule has 0 unspecified atom stereocenters. The van der Waals surface area contributed by atoms with E-state index in [1.54, 1.807) is 48.5 Å². The molecule has 0 bridgehead atoms.